The Morgan fingerprint density at radius 2 is 1.85 bits per heavy atom. The van der Waals surface area contributed by atoms with Crippen molar-refractivity contribution >= 4 is 17.6 Å². The highest BCUT2D eigenvalue weighted by atomic mass is 16.4. The van der Waals surface area contributed by atoms with Crippen LogP contribution in [0.25, 0.3) is 0 Å². The fourth-order valence-corrected chi connectivity index (χ4v) is 3.24. The minimum atomic E-state index is -0.706. The number of likely N-dealkylation sites (tertiary alicyclic amines) is 1. The Bertz CT molecular complexity index is 863. The number of carboxylic acids is 1. The molecule has 6 nitrogen and oxygen atoms in total. The van der Waals surface area contributed by atoms with Crippen molar-refractivity contribution in [1.29, 1.82) is 5.26 Å². The minimum Gasteiger partial charge on any atom is -0.481 e. The second-order valence-electron chi connectivity index (χ2n) is 6.73. The predicted molar refractivity (Wildman–Crippen MR) is 101 cm³/mol. The van der Waals surface area contributed by atoms with E-state index in [0.29, 0.717) is 29.7 Å². The van der Waals surface area contributed by atoms with Crippen molar-refractivity contribution in [3.8, 4) is 6.07 Å². The van der Waals surface area contributed by atoms with Crippen LogP contribution in [0.4, 0.5) is 5.69 Å². The first-order chi connectivity index (χ1) is 13.0. The van der Waals surface area contributed by atoms with Gasteiger partial charge in [-0.1, -0.05) is 12.1 Å². The molecule has 0 unspecified atom stereocenters. The monoisotopic (exact) mass is 363 g/mol. The fraction of sp³-hybridized carbons (Fsp3) is 0.286. The normalized spacial score (nSPS) is 15.1. The van der Waals surface area contributed by atoms with E-state index in [-0.39, 0.29) is 11.8 Å². The smallest absolute Gasteiger partial charge is 0.306 e. The number of aliphatic carboxylic acids is 1. The quantitative estimate of drug-likeness (QED) is 0.851. The molecule has 3 rings (SSSR count). The lowest BCUT2D eigenvalue weighted by atomic mass is 9.97. The molecule has 0 radical (unpaired) electrons. The summed E-state index contributed by atoms with van der Waals surface area (Å²) >= 11 is 0. The van der Waals surface area contributed by atoms with Crippen LogP contribution in [-0.4, -0.2) is 35.0 Å². The van der Waals surface area contributed by atoms with Gasteiger partial charge in [0.2, 0.25) is 0 Å². The van der Waals surface area contributed by atoms with Gasteiger partial charge in [0.15, 0.2) is 0 Å². The third-order valence-electron chi connectivity index (χ3n) is 4.80. The largest absolute Gasteiger partial charge is 0.481 e. The molecule has 1 aliphatic rings. The molecule has 0 saturated carbocycles. The summed E-state index contributed by atoms with van der Waals surface area (Å²) in [5, 5.41) is 20.8. The van der Waals surface area contributed by atoms with Gasteiger partial charge in [0.05, 0.1) is 17.6 Å². The highest BCUT2D eigenvalue weighted by Gasteiger charge is 2.24. The summed E-state index contributed by atoms with van der Waals surface area (Å²) in [5.74, 6) is -1.17. The van der Waals surface area contributed by atoms with Crippen molar-refractivity contribution in [3.63, 3.8) is 0 Å². The SMILES string of the molecule is N#Cc1ccc(C(=O)Nc2cccc(CN3CCC(C(=O)O)CC3)c2)cc1. The van der Waals surface area contributed by atoms with Gasteiger partial charge in [-0.05, 0) is 67.9 Å². The number of piperidine rings is 1. The van der Waals surface area contributed by atoms with Crippen LogP contribution in [0, 0.1) is 17.2 Å². The van der Waals surface area contributed by atoms with Crippen LogP contribution in [0.15, 0.2) is 48.5 Å². The lowest BCUT2D eigenvalue weighted by molar-refractivity contribution is -0.143. The summed E-state index contributed by atoms with van der Waals surface area (Å²) in [6.45, 7) is 2.25. The van der Waals surface area contributed by atoms with Crippen LogP contribution in [0.2, 0.25) is 0 Å². The summed E-state index contributed by atoms with van der Waals surface area (Å²) in [7, 11) is 0. The van der Waals surface area contributed by atoms with Crippen LogP contribution in [0.3, 0.4) is 0 Å². The zero-order chi connectivity index (χ0) is 19.2. The van der Waals surface area contributed by atoms with E-state index < -0.39 is 5.97 Å². The minimum absolute atomic E-state index is 0.223. The third-order valence-corrected chi connectivity index (χ3v) is 4.80. The molecular formula is C21H21N3O3. The zero-order valence-corrected chi connectivity index (χ0v) is 14.9. The van der Waals surface area contributed by atoms with E-state index in [2.05, 4.69) is 10.2 Å². The van der Waals surface area contributed by atoms with Crippen LogP contribution < -0.4 is 5.32 Å². The average molecular weight is 363 g/mol. The maximum Gasteiger partial charge on any atom is 0.306 e. The molecular weight excluding hydrogens is 342 g/mol. The van der Waals surface area contributed by atoms with Gasteiger partial charge in [-0.15, -0.1) is 0 Å². The lowest BCUT2D eigenvalue weighted by Gasteiger charge is -2.30. The van der Waals surface area contributed by atoms with Crippen LogP contribution in [0.5, 0.6) is 0 Å². The molecule has 27 heavy (non-hydrogen) atoms. The van der Waals surface area contributed by atoms with Crippen molar-refractivity contribution in [3.05, 3.63) is 65.2 Å². The van der Waals surface area contributed by atoms with Crippen LogP contribution in [0.1, 0.15) is 34.3 Å². The van der Waals surface area contributed by atoms with Gasteiger partial charge in [-0.25, -0.2) is 0 Å². The highest BCUT2D eigenvalue weighted by molar-refractivity contribution is 6.04. The number of benzene rings is 2. The second kappa shape index (κ2) is 8.47. The van der Waals surface area contributed by atoms with Gasteiger partial charge >= 0.3 is 5.97 Å². The average Bonchev–Trinajstić information content (AvgIpc) is 2.68. The number of hydrogen-bond acceptors (Lipinski definition) is 4. The molecule has 1 aliphatic heterocycles. The van der Waals surface area contributed by atoms with Gasteiger partial charge in [0.1, 0.15) is 0 Å². The second-order valence-corrected chi connectivity index (χ2v) is 6.73. The maximum absolute atomic E-state index is 12.4. The lowest BCUT2D eigenvalue weighted by Crippen LogP contribution is -2.35. The Labute approximate surface area is 158 Å². The predicted octanol–water partition coefficient (Wildman–Crippen LogP) is 3.11. The van der Waals surface area contributed by atoms with E-state index in [1.54, 1.807) is 24.3 Å². The zero-order valence-electron chi connectivity index (χ0n) is 14.9. The van der Waals surface area contributed by atoms with Crippen molar-refractivity contribution in [2.45, 2.75) is 19.4 Å². The van der Waals surface area contributed by atoms with E-state index in [1.807, 2.05) is 30.3 Å². The molecule has 2 aromatic rings. The van der Waals surface area contributed by atoms with E-state index in [1.165, 1.54) is 0 Å². The molecule has 0 aliphatic carbocycles. The summed E-state index contributed by atoms with van der Waals surface area (Å²) in [6.07, 6.45) is 1.34. The van der Waals surface area contributed by atoms with Crippen molar-refractivity contribution in [2.75, 3.05) is 18.4 Å². The number of nitrogens with one attached hydrogen (secondary N) is 1. The summed E-state index contributed by atoms with van der Waals surface area (Å²) < 4.78 is 0. The van der Waals surface area contributed by atoms with Crippen molar-refractivity contribution < 1.29 is 14.7 Å². The Morgan fingerprint density at radius 1 is 1.15 bits per heavy atom. The van der Waals surface area contributed by atoms with Gasteiger partial charge in [0.25, 0.3) is 5.91 Å². The number of amides is 1. The van der Waals surface area contributed by atoms with Crippen LogP contribution in [-0.2, 0) is 11.3 Å². The molecule has 1 fully saturated rings. The maximum atomic E-state index is 12.4. The number of carbonyl (C=O) groups excluding carboxylic acids is 1. The molecule has 0 aromatic heterocycles. The summed E-state index contributed by atoms with van der Waals surface area (Å²) in [6, 6.07) is 16.2. The Balaban J connectivity index is 1.59. The number of nitriles is 1. The van der Waals surface area contributed by atoms with Gasteiger partial charge in [-0.2, -0.15) is 5.26 Å². The van der Waals surface area contributed by atoms with E-state index >= 15 is 0 Å². The van der Waals surface area contributed by atoms with Gasteiger partial charge in [-0.3, -0.25) is 14.5 Å². The summed E-state index contributed by atoms with van der Waals surface area (Å²) in [5.41, 5.74) is 2.79. The van der Waals surface area contributed by atoms with Crippen molar-refractivity contribution in [2.24, 2.45) is 5.92 Å². The van der Waals surface area contributed by atoms with Gasteiger partial charge < -0.3 is 10.4 Å². The highest BCUT2D eigenvalue weighted by Crippen LogP contribution is 2.20. The number of nitrogens with zero attached hydrogens (tertiary/aromatic N) is 2. The first-order valence-corrected chi connectivity index (χ1v) is 8.91. The topological polar surface area (TPSA) is 93.4 Å². The Hall–Kier alpha value is -3.17. The Morgan fingerprint density at radius 3 is 2.48 bits per heavy atom. The van der Waals surface area contributed by atoms with E-state index in [0.717, 1.165) is 25.2 Å². The number of rotatable bonds is 5. The van der Waals surface area contributed by atoms with Crippen molar-refractivity contribution in [1.82, 2.24) is 4.90 Å². The third kappa shape index (κ3) is 4.93. The molecule has 0 bridgehead atoms. The summed E-state index contributed by atoms with van der Waals surface area (Å²) in [4.78, 5) is 25.6. The molecule has 138 valence electrons. The molecule has 2 aromatic carbocycles. The number of anilines is 1. The van der Waals surface area contributed by atoms with Gasteiger partial charge in [0, 0.05) is 17.8 Å². The van der Waals surface area contributed by atoms with E-state index in [9.17, 15) is 9.59 Å². The molecule has 0 spiro atoms. The first-order valence-electron chi connectivity index (χ1n) is 8.91. The van der Waals surface area contributed by atoms with Crippen LogP contribution >= 0.6 is 0 Å². The number of hydrogen-bond donors (Lipinski definition) is 2. The standard InChI is InChI=1S/C21H21N3O3/c22-13-15-4-6-17(7-5-15)20(25)23-19-3-1-2-16(12-19)14-24-10-8-18(9-11-24)21(26)27/h1-7,12,18H,8-11,14H2,(H,23,25)(H,26,27). The van der Waals surface area contributed by atoms with E-state index in [4.69, 9.17) is 10.4 Å². The molecule has 6 heteroatoms. The molecule has 1 amide bonds. The number of carbonyl (C=O) groups is 2. The number of carboxylic acid groups (broad SMARTS) is 1. The molecule has 1 heterocycles. The molecule has 0 atom stereocenters. The molecule has 1 saturated heterocycles. The Kier molecular flexibility index (Phi) is 5.84. The first kappa shape index (κ1) is 18.6. The molecule has 2 N–H and O–H groups in total. The fourth-order valence-electron chi connectivity index (χ4n) is 3.24.